The molecule has 0 bridgehead atoms. The monoisotopic (exact) mass is 355 g/mol. The van der Waals surface area contributed by atoms with Crippen molar-refractivity contribution in [3.05, 3.63) is 21.9 Å². The minimum absolute atomic E-state index is 0.108. The van der Waals surface area contributed by atoms with E-state index < -0.39 is 0 Å². The highest BCUT2D eigenvalue weighted by Crippen LogP contribution is 2.37. The Kier molecular flexibility index (Phi) is 4.51. The summed E-state index contributed by atoms with van der Waals surface area (Å²) in [5.74, 6) is 0.442. The van der Waals surface area contributed by atoms with Crippen molar-refractivity contribution in [3.63, 3.8) is 0 Å². The molecule has 110 valence electrons. The van der Waals surface area contributed by atoms with E-state index in [4.69, 9.17) is 0 Å². The van der Waals surface area contributed by atoms with E-state index in [9.17, 15) is 4.79 Å². The average molecular weight is 356 g/mol. The van der Waals surface area contributed by atoms with Crippen LogP contribution in [0.15, 0.2) is 11.4 Å². The fraction of sp³-hybridized carbons (Fsp3) is 0.688. The Balaban J connectivity index is 1.76. The number of likely N-dealkylation sites (N-methyl/N-ethyl adjacent to an activating group) is 1. The van der Waals surface area contributed by atoms with Gasteiger partial charge in [0.15, 0.2) is 0 Å². The van der Waals surface area contributed by atoms with Gasteiger partial charge in [0, 0.05) is 22.8 Å². The Morgan fingerprint density at radius 2 is 2.10 bits per heavy atom. The second-order valence-corrected chi connectivity index (χ2v) is 8.24. The quantitative estimate of drug-likeness (QED) is 0.722. The zero-order valence-electron chi connectivity index (χ0n) is 12.0. The van der Waals surface area contributed by atoms with Crippen LogP contribution in [0.3, 0.4) is 0 Å². The largest absolute Gasteiger partial charge is 0.341 e. The van der Waals surface area contributed by atoms with Crippen molar-refractivity contribution in [2.45, 2.75) is 61.7 Å². The van der Waals surface area contributed by atoms with Crippen LogP contribution in [0.4, 0.5) is 0 Å². The van der Waals surface area contributed by atoms with Gasteiger partial charge in [0.25, 0.3) is 0 Å². The molecule has 2 aliphatic carbocycles. The molecule has 2 aliphatic rings. The lowest BCUT2D eigenvalue weighted by molar-refractivity contribution is -0.134. The first-order valence-corrected chi connectivity index (χ1v) is 9.45. The molecule has 1 fully saturated rings. The number of amides is 1. The molecule has 3 rings (SSSR count). The summed E-state index contributed by atoms with van der Waals surface area (Å²) in [6.45, 7) is 0. The lowest BCUT2D eigenvalue weighted by Gasteiger charge is -2.37. The normalized spacial score (nSPS) is 29.8. The molecule has 2 nitrogen and oxygen atoms in total. The van der Waals surface area contributed by atoms with Crippen molar-refractivity contribution in [1.29, 1.82) is 0 Å². The second-order valence-electron chi connectivity index (χ2n) is 6.06. The van der Waals surface area contributed by atoms with Gasteiger partial charge >= 0.3 is 0 Å². The third-order valence-electron chi connectivity index (χ3n) is 4.84. The molecule has 0 aliphatic heterocycles. The zero-order valence-corrected chi connectivity index (χ0v) is 14.4. The number of fused-ring (bicyclic) bond motifs is 1. The molecule has 4 heteroatoms. The molecule has 0 spiro atoms. The summed E-state index contributed by atoms with van der Waals surface area (Å²) < 4.78 is 0. The summed E-state index contributed by atoms with van der Waals surface area (Å²) in [6.07, 6.45) is 8.20. The lowest BCUT2D eigenvalue weighted by Crippen LogP contribution is -2.46. The van der Waals surface area contributed by atoms with Crippen LogP contribution in [-0.4, -0.2) is 28.7 Å². The van der Waals surface area contributed by atoms with Gasteiger partial charge in [-0.15, -0.1) is 11.3 Å². The smallest absolute Gasteiger partial charge is 0.230 e. The minimum Gasteiger partial charge on any atom is -0.341 e. The predicted octanol–water partition coefficient (Wildman–Crippen LogP) is 4.33. The summed E-state index contributed by atoms with van der Waals surface area (Å²) in [4.78, 5) is 16.9. The molecule has 1 amide bonds. The van der Waals surface area contributed by atoms with Crippen molar-refractivity contribution in [2.24, 2.45) is 0 Å². The van der Waals surface area contributed by atoms with Crippen LogP contribution in [0, 0.1) is 0 Å². The van der Waals surface area contributed by atoms with Crippen molar-refractivity contribution in [3.8, 4) is 0 Å². The summed E-state index contributed by atoms with van der Waals surface area (Å²) in [7, 11) is 2.01. The number of carbonyl (C=O) groups excluding carboxylic acids is 1. The molecule has 0 N–H and O–H groups in total. The number of nitrogens with zero attached hydrogens (tertiary/aromatic N) is 1. The van der Waals surface area contributed by atoms with E-state index in [1.807, 2.05) is 23.3 Å². The number of aryl methyl sites for hydroxylation is 1. The molecule has 3 atom stereocenters. The highest BCUT2D eigenvalue weighted by molar-refractivity contribution is 9.09. The lowest BCUT2D eigenvalue weighted by atomic mass is 9.85. The maximum Gasteiger partial charge on any atom is 0.230 e. The highest BCUT2D eigenvalue weighted by atomic mass is 79.9. The van der Waals surface area contributed by atoms with Gasteiger partial charge in [-0.2, -0.15) is 0 Å². The molecular weight excluding hydrogens is 334 g/mol. The Hall–Kier alpha value is -0.350. The number of halogens is 1. The van der Waals surface area contributed by atoms with Crippen molar-refractivity contribution < 1.29 is 4.79 Å². The fourth-order valence-electron chi connectivity index (χ4n) is 3.65. The van der Waals surface area contributed by atoms with Gasteiger partial charge in [-0.1, -0.05) is 28.8 Å². The van der Waals surface area contributed by atoms with E-state index >= 15 is 0 Å². The first-order valence-electron chi connectivity index (χ1n) is 7.65. The van der Waals surface area contributed by atoms with Crippen LogP contribution in [0.1, 0.15) is 54.9 Å². The van der Waals surface area contributed by atoms with Gasteiger partial charge in [0.05, 0.1) is 5.92 Å². The van der Waals surface area contributed by atoms with Crippen LogP contribution in [-0.2, 0) is 11.2 Å². The van der Waals surface area contributed by atoms with E-state index in [0.29, 0.717) is 16.8 Å². The van der Waals surface area contributed by atoms with Gasteiger partial charge in [0.2, 0.25) is 5.91 Å². The van der Waals surface area contributed by atoms with Crippen molar-refractivity contribution in [1.82, 2.24) is 4.90 Å². The van der Waals surface area contributed by atoms with Gasteiger partial charge in [-0.3, -0.25) is 4.79 Å². The average Bonchev–Trinajstić information content (AvgIpc) is 2.94. The minimum atomic E-state index is 0.108. The van der Waals surface area contributed by atoms with E-state index in [1.54, 1.807) is 0 Å². The molecule has 0 saturated heterocycles. The fourth-order valence-corrected chi connectivity index (χ4v) is 5.58. The third kappa shape index (κ3) is 2.69. The predicted molar refractivity (Wildman–Crippen MR) is 87.7 cm³/mol. The van der Waals surface area contributed by atoms with Crippen molar-refractivity contribution >= 4 is 33.2 Å². The number of rotatable bonds is 2. The summed E-state index contributed by atoms with van der Waals surface area (Å²) in [6, 6.07) is 2.54. The molecule has 3 unspecified atom stereocenters. The number of hydrogen-bond acceptors (Lipinski definition) is 2. The highest BCUT2D eigenvalue weighted by Gasteiger charge is 2.35. The Bertz CT molecular complexity index is 487. The standard InChI is InChI=1S/C16H22BrNOS/c1-18(14-7-3-2-6-13(14)17)16(19)12-5-4-8-15-11(12)9-10-20-15/h9-10,12-14H,2-8H2,1H3. The zero-order chi connectivity index (χ0) is 14.1. The SMILES string of the molecule is CN(C(=O)C1CCCc2sccc21)C1CCCCC1Br. The number of carbonyl (C=O) groups is 1. The first kappa shape index (κ1) is 14.6. The molecule has 1 aromatic heterocycles. The molecular formula is C16H22BrNOS. The molecule has 20 heavy (non-hydrogen) atoms. The number of thiophene rings is 1. The van der Waals surface area contributed by atoms with E-state index in [1.165, 1.54) is 29.7 Å². The number of hydrogen-bond donors (Lipinski definition) is 0. The van der Waals surface area contributed by atoms with Crippen LogP contribution in [0.5, 0.6) is 0 Å². The maximum absolute atomic E-state index is 12.9. The summed E-state index contributed by atoms with van der Waals surface area (Å²) >= 11 is 5.59. The molecule has 1 aromatic rings. The Labute approximate surface area is 133 Å². The maximum atomic E-state index is 12.9. The summed E-state index contributed by atoms with van der Waals surface area (Å²) in [5, 5.41) is 2.14. The van der Waals surface area contributed by atoms with Crippen LogP contribution < -0.4 is 0 Å². The van der Waals surface area contributed by atoms with E-state index in [-0.39, 0.29) is 5.92 Å². The van der Waals surface area contributed by atoms with Gasteiger partial charge in [0.1, 0.15) is 0 Å². The van der Waals surface area contributed by atoms with Crippen molar-refractivity contribution in [2.75, 3.05) is 7.05 Å². The van der Waals surface area contributed by atoms with E-state index in [0.717, 1.165) is 25.7 Å². The molecule has 1 heterocycles. The van der Waals surface area contributed by atoms with Gasteiger partial charge < -0.3 is 4.90 Å². The Morgan fingerprint density at radius 1 is 1.30 bits per heavy atom. The molecule has 0 aromatic carbocycles. The van der Waals surface area contributed by atoms with Crippen LogP contribution in [0.25, 0.3) is 0 Å². The summed E-state index contributed by atoms with van der Waals surface area (Å²) in [5.41, 5.74) is 1.31. The van der Waals surface area contributed by atoms with E-state index in [2.05, 4.69) is 27.4 Å². The van der Waals surface area contributed by atoms with Crippen LogP contribution in [0.2, 0.25) is 0 Å². The van der Waals surface area contributed by atoms with Gasteiger partial charge in [-0.25, -0.2) is 0 Å². The second kappa shape index (κ2) is 6.18. The number of alkyl halides is 1. The third-order valence-corrected chi connectivity index (χ3v) is 6.91. The molecule has 1 saturated carbocycles. The van der Waals surface area contributed by atoms with Crippen LogP contribution >= 0.6 is 27.3 Å². The molecule has 0 radical (unpaired) electrons. The Morgan fingerprint density at radius 3 is 2.90 bits per heavy atom. The van der Waals surface area contributed by atoms with Gasteiger partial charge in [-0.05, 0) is 49.1 Å². The first-order chi connectivity index (χ1) is 9.68. The topological polar surface area (TPSA) is 20.3 Å².